The van der Waals surface area contributed by atoms with Crippen molar-refractivity contribution in [2.45, 2.75) is 13.5 Å². The number of thiophene rings is 1. The summed E-state index contributed by atoms with van der Waals surface area (Å²) in [6.45, 7) is 1.91. The fourth-order valence-corrected chi connectivity index (χ4v) is 2.70. The average Bonchev–Trinajstić information content (AvgIpc) is 2.79. The van der Waals surface area contributed by atoms with Gasteiger partial charge in [0.15, 0.2) is 11.5 Å². The molecule has 3 nitrogen and oxygen atoms in total. The van der Waals surface area contributed by atoms with Crippen LogP contribution in [0.3, 0.4) is 0 Å². The Labute approximate surface area is 118 Å². The van der Waals surface area contributed by atoms with Crippen molar-refractivity contribution in [1.29, 1.82) is 0 Å². The van der Waals surface area contributed by atoms with Gasteiger partial charge < -0.3 is 10.5 Å². The van der Waals surface area contributed by atoms with Gasteiger partial charge in [-0.05, 0) is 41.4 Å². The molecule has 0 aliphatic rings. The van der Waals surface area contributed by atoms with E-state index >= 15 is 0 Å². The van der Waals surface area contributed by atoms with Crippen molar-refractivity contribution in [3.8, 4) is 5.75 Å². The molecule has 0 fully saturated rings. The van der Waals surface area contributed by atoms with Gasteiger partial charge in [-0.2, -0.15) is 11.3 Å². The molecule has 2 rings (SSSR count). The SMILES string of the molecule is CC(=O)c1cc(Br)cc(N)c1OCc1ccsc1. The molecule has 5 heteroatoms. The first kappa shape index (κ1) is 13.1. The summed E-state index contributed by atoms with van der Waals surface area (Å²) in [7, 11) is 0. The van der Waals surface area contributed by atoms with Crippen molar-refractivity contribution < 1.29 is 9.53 Å². The highest BCUT2D eigenvalue weighted by atomic mass is 79.9. The van der Waals surface area contributed by atoms with Crippen molar-refractivity contribution in [3.63, 3.8) is 0 Å². The summed E-state index contributed by atoms with van der Waals surface area (Å²) in [5.74, 6) is 0.389. The zero-order valence-electron chi connectivity index (χ0n) is 9.77. The molecular formula is C13H12BrNO2S. The minimum absolute atomic E-state index is 0.0664. The maximum absolute atomic E-state index is 11.6. The molecule has 1 heterocycles. The van der Waals surface area contributed by atoms with E-state index in [-0.39, 0.29) is 5.78 Å². The van der Waals surface area contributed by atoms with E-state index in [1.54, 1.807) is 23.5 Å². The highest BCUT2D eigenvalue weighted by Crippen LogP contribution is 2.31. The molecule has 0 saturated heterocycles. The summed E-state index contributed by atoms with van der Waals surface area (Å²) in [6, 6.07) is 5.43. The second-order valence-corrected chi connectivity index (χ2v) is 5.54. The number of ether oxygens (including phenoxy) is 1. The monoisotopic (exact) mass is 325 g/mol. The Kier molecular flexibility index (Phi) is 4.04. The van der Waals surface area contributed by atoms with Crippen LogP contribution in [-0.4, -0.2) is 5.78 Å². The fourth-order valence-electron chi connectivity index (χ4n) is 1.57. The van der Waals surface area contributed by atoms with Crippen LogP contribution in [0.15, 0.2) is 33.4 Å². The van der Waals surface area contributed by atoms with Gasteiger partial charge in [0.2, 0.25) is 0 Å². The number of hydrogen-bond donors (Lipinski definition) is 1. The third-order valence-electron chi connectivity index (χ3n) is 2.42. The van der Waals surface area contributed by atoms with Crippen molar-refractivity contribution in [2.24, 2.45) is 0 Å². The zero-order chi connectivity index (χ0) is 13.1. The summed E-state index contributed by atoms with van der Waals surface area (Å²) in [5, 5.41) is 3.98. The van der Waals surface area contributed by atoms with E-state index in [0.717, 1.165) is 10.0 Å². The first-order chi connectivity index (χ1) is 8.58. The molecule has 0 atom stereocenters. The van der Waals surface area contributed by atoms with Crippen LogP contribution in [0.1, 0.15) is 22.8 Å². The number of benzene rings is 1. The molecule has 0 unspecified atom stereocenters. The van der Waals surface area contributed by atoms with Crippen LogP contribution in [0.25, 0.3) is 0 Å². The molecule has 0 amide bonds. The molecule has 18 heavy (non-hydrogen) atoms. The van der Waals surface area contributed by atoms with E-state index in [2.05, 4.69) is 15.9 Å². The number of nitrogens with two attached hydrogens (primary N) is 1. The minimum atomic E-state index is -0.0664. The number of hydrogen-bond acceptors (Lipinski definition) is 4. The Morgan fingerprint density at radius 2 is 2.28 bits per heavy atom. The molecule has 1 aromatic heterocycles. The van der Waals surface area contributed by atoms with Gasteiger partial charge >= 0.3 is 0 Å². The van der Waals surface area contributed by atoms with Gasteiger partial charge in [0.25, 0.3) is 0 Å². The van der Waals surface area contributed by atoms with Gasteiger partial charge in [0, 0.05) is 4.47 Å². The molecule has 0 spiro atoms. The van der Waals surface area contributed by atoms with Crippen LogP contribution in [-0.2, 0) is 6.61 Å². The molecule has 0 aliphatic heterocycles. The van der Waals surface area contributed by atoms with E-state index in [1.807, 2.05) is 16.8 Å². The number of carbonyl (C=O) groups is 1. The third-order valence-corrected chi connectivity index (χ3v) is 3.61. The molecular weight excluding hydrogens is 314 g/mol. The summed E-state index contributed by atoms with van der Waals surface area (Å²) < 4.78 is 6.44. The van der Waals surface area contributed by atoms with Gasteiger partial charge in [0.1, 0.15) is 6.61 Å². The Morgan fingerprint density at radius 1 is 1.50 bits per heavy atom. The molecule has 0 aliphatic carbocycles. The predicted molar refractivity (Wildman–Crippen MR) is 77.2 cm³/mol. The summed E-state index contributed by atoms with van der Waals surface area (Å²) in [5.41, 5.74) is 7.92. The minimum Gasteiger partial charge on any atom is -0.486 e. The lowest BCUT2D eigenvalue weighted by Crippen LogP contribution is -2.04. The lowest BCUT2D eigenvalue weighted by Gasteiger charge is -2.12. The maximum atomic E-state index is 11.6. The number of ketones is 1. The van der Waals surface area contributed by atoms with Crippen molar-refractivity contribution >= 4 is 38.7 Å². The lowest BCUT2D eigenvalue weighted by atomic mass is 10.1. The molecule has 0 radical (unpaired) electrons. The van der Waals surface area contributed by atoms with Crippen LogP contribution in [0.2, 0.25) is 0 Å². The molecule has 2 N–H and O–H groups in total. The van der Waals surface area contributed by atoms with E-state index < -0.39 is 0 Å². The standard InChI is InChI=1S/C13H12BrNO2S/c1-8(16)11-4-10(14)5-12(15)13(11)17-6-9-2-3-18-7-9/h2-5,7H,6,15H2,1H3. The van der Waals surface area contributed by atoms with Gasteiger partial charge in [-0.15, -0.1) is 0 Å². The summed E-state index contributed by atoms with van der Waals surface area (Å²) >= 11 is 4.93. The van der Waals surface area contributed by atoms with Gasteiger partial charge in [-0.3, -0.25) is 4.79 Å². The van der Waals surface area contributed by atoms with E-state index in [4.69, 9.17) is 10.5 Å². The number of Topliss-reactive ketones (excluding diaryl/α,β-unsaturated/α-hetero) is 1. The van der Waals surface area contributed by atoms with Crippen LogP contribution in [0.4, 0.5) is 5.69 Å². The molecule has 0 saturated carbocycles. The number of rotatable bonds is 4. The average molecular weight is 326 g/mol. The quantitative estimate of drug-likeness (QED) is 0.685. The molecule has 1 aromatic carbocycles. The van der Waals surface area contributed by atoms with Crippen molar-refractivity contribution in [3.05, 3.63) is 44.6 Å². The van der Waals surface area contributed by atoms with Crippen LogP contribution < -0.4 is 10.5 Å². The van der Waals surface area contributed by atoms with E-state index in [1.165, 1.54) is 6.92 Å². The largest absolute Gasteiger partial charge is 0.486 e. The number of carbonyl (C=O) groups excluding carboxylic acids is 1. The summed E-state index contributed by atoms with van der Waals surface area (Å²) in [6.07, 6.45) is 0. The van der Waals surface area contributed by atoms with Gasteiger partial charge in [-0.25, -0.2) is 0 Å². The first-order valence-electron chi connectivity index (χ1n) is 5.31. The Balaban J connectivity index is 2.28. The Bertz CT molecular complexity index is 567. The molecule has 0 bridgehead atoms. The van der Waals surface area contributed by atoms with Gasteiger partial charge in [-0.1, -0.05) is 15.9 Å². The molecule has 94 valence electrons. The fraction of sp³-hybridized carbons (Fsp3) is 0.154. The summed E-state index contributed by atoms with van der Waals surface area (Å²) in [4.78, 5) is 11.6. The first-order valence-corrected chi connectivity index (χ1v) is 7.05. The topological polar surface area (TPSA) is 52.3 Å². The zero-order valence-corrected chi connectivity index (χ0v) is 12.2. The highest BCUT2D eigenvalue weighted by molar-refractivity contribution is 9.10. The van der Waals surface area contributed by atoms with Crippen LogP contribution in [0.5, 0.6) is 5.75 Å². The van der Waals surface area contributed by atoms with Crippen LogP contribution in [0, 0.1) is 0 Å². The third kappa shape index (κ3) is 2.91. The second-order valence-electron chi connectivity index (χ2n) is 3.85. The smallest absolute Gasteiger partial charge is 0.163 e. The normalized spacial score (nSPS) is 10.3. The lowest BCUT2D eigenvalue weighted by molar-refractivity contribution is 0.101. The second kappa shape index (κ2) is 5.54. The van der Waals surface area contributed by atoms with E-state index in [0.29, 0.717) is 23.6 Å². The molecule has 2 aromatic rings. The number of nitrogen functional groups attached to an aromatic ring is 1. The van der Waals surface area contributed by atoms with Crippen molar-refractivity contribution in [2.75, 3.05) is 5.73 Å². The van der Waals surface area contributed by atoms with Crippen molar-refractivity contribution in [1.82, 2.24) is 0 Å². The number of halogens is 1. The maximum Gasteiger partial charge on any atom is 0.163 e. The van der Waals surface area contributed by atoms with Gasteiger partial charge in [0.05, 0.1) is 11.3 Å². The Hall–Kier alpha value is -1.33. The highest BCUT2D eigenvalue weighted by Gasteiger charge is 2.13. The number of anilines is 1. The predicted octanol–water partition coefficient (Wildman–Crippen LogP) is 3.87. The van der Waals surface area contributed by atoms with Crippen LogP contribution >= 0.6 is 27.3 Å². The van der Waals surface area contributed by atoms with E-state index in [9.17, 15) is 4.79 Å². The Morgan fingerprint density at radius 3 is 2.89 bits per heavy atom.